The lowest BCUT2D eigenvalue weighted by atomic mass is 9.90. The van der Waals surface area contributed by atoms with Crippen LogP contribution in [0.1, 0.15) is 27.5 Å². The fourth-order valence-electron chi connectivity index (χ4n) is 4.47. The van der Waals surface area contributed by atoms with E-state index < -0.39 is 24.0 Å². The van der Waals surface area contributed by atoms with Crippen molar-refractivity contribution in [3.63, 3.8) is 0 Å². The van der Waals surface area contributed by atoms with Gasteiger partial charge in [0.25, 0.3) is 5.91 Å². The Balaban J connectivity index is 1.51. The Hall–Kier alpha value is -3.97. The average molecular weight is 442 g/mol. The lowest BCUT2D eigenvalue weighted by Gasteiger charge is -2.28. The third kappa shape index (κ3) is 3.66. The first kappa shape index (κ1) is 20.9. The summed E-state index contributed by atoms with van der Waals surface area (Å²) in [6.45, 7) is 0.203. The van der Waals surface area contributed by atoms with Crippen molar-refractivity contribution in [2.45, 2.75) is 18.7 Å². The molecule has 33 heavy (non-hydrogen) atoms. The Morgan fingerprint density at radius 2 is 1.52 bits per heavy atom. The summed E-state index contributed by atoms with van der Waals surface area (Å²) in [5, 5.41) is 1.64. The molecule has 166 valence electrons. The highest BCUT2D eigenvalue weighted by Crippen LogP contribution is 2.46. The van der Waals surface area contributed by atoms with Crippen LogP contribution < -0.4 is 5.06 Å². The zero-order chi connectivity index (χ0) is 22.9. The number of rotatable bonds is 5. The largest absolute Gasteiger partial charge is 0.465 e. The number of fused-ring (bicyclic) bond motifs is 1. The Kier molecular flexibility index (Phi) is 5.40. The maximum Gasteiger partial charge on any atom is 0.337 e. The minimum Gasteiger partial charge on any atom is -0.465 e. The number of ether oxygens (including phenoxy) is 1. The minimum atomic E-state index is -0.910. The molecule has 3 aromatic carbocycles. The van der Waals surface area contributed by atoms with Gasteiger partial charge in [0.05, 0.1) is 30.9 Å². The molecule has 3 aromatic rings. The van der Waals surface area contributed by atoms with E-state index in [1.165, 1.54) is 12.0 Å². The highest BCUT2D eigenvalue weighted by molar-refractivity contribution is 6.07. The summed E-state index contributed by atoms with van der Waals surface area (Å²) in [7, 11) is 1.33. The lowest BCUT2D eigenvalue weighted by Crippen LogP contribution is -2.36. The molecule has 2 aliphatic heterocycles. The SMILES string of the molecule is COC(=O)c1ccc([C@H]2[C@H]3C(=O)N(Cc4ccccc4)C(=O)[C@H]3ON2c2ccccc2)cc1. The van der Waals surface area contributed by atoms with Gasteiger partial charge in [0.15, 0.2) is 6.10 Å². The Morgan fingerprint density at radius 1 is 0.879 bits per heavy atom. The maximum absolute atomic E-state index is 13.5. The van der Waals surface area contributed by atoms with Gasteiger partial charge in [0.1, 0.15) is 5.92 Å². The summed E-state index contributed by atoms with van der Waals surface area (Å²) in [5.41, 5.74) is 2.78. The second-order valence-corrected chi connectivity index (χ2v) is 8.02. The zero-order valence-corrected chi connectivity index (χ0v) is 18.0. The molecule has 7 nitrogen and oxygen atoms in total. The summed E-state index contributed by atoms with van der Waals surface area (Å²) in [5.74, 6) is -1.76. The highest BCUT2D eigenvalue weighted by atomic mass is 16.7. The zero-order valence-electron chi connectivity index (χ0n) is 18.0. The smallest absolute Gasteiger partial charge is 0.337 e. The number of hydrogen-bond donors (Lipinski definition) is 0. The normalized spacial score (nSPS) is 21.9. The average Bonchev–Trinajstić information content (AvgIpc) is 3.37. The predicted octanol–water partition coefficient (Wildman–Crippen LogP) is 3.52. The van der Waals surface area contributed by atoms with Gasteiger partial charge in [0.2, 0.25) is 5.91 Å². The summed E-state index contributed by atoms with van der Waals surface area (Å²) in [6, 6.07) is 25.1. The van der Waals surface area contributed by atoms with Gasteiger partial charge in [-0.3, -0.25) is 19.3 Å². The van der Waals surface area contributed by atoms with Crippen molar-refractivity contribution in [2.24, 2.45) is 5.92 Å². The van der Waals surface area contributed by atoms with Crippen molar-refractivity contribution in [3.05, 3.63) is 102 Å². The van der Waals surface area contributed by atoms with Crippen LogP contribution in [0.3, 0.4) is 0 Å². The predicted molar refractivity (Wildman–Crippen MR) is 120 cm³/mol. The number of amides is 2. The van der Waals surface area contributed by atoms with Crippen molar-refractivity contribution in [3.8, 4) is 0 Å². The first-order valence-corrected chi connectivity index (χ1v) is 10.7. The minimum absolute atomic E-state index is 0.203. The van der Waals surface area contributed by atoms with Crippen LogP contribution in [0, 0.1) is 5.92 Å². The van der Waals surface area contributed by atoms with Crippen LogP contribution in [-0.4, -0.2) is 35.9 Å². The van der Waals surface area contributed by atoms with E-state index >= 15 is 0 Å². The standard InChI is InChI=1S/C26H22N2O5/c1-32-26(31)19-14-12-18(13-15-19)22-21-23(33-28(22)20-10-6-3-7-11-20)25(30)27(24(21)29)16-17-8-4-2-5-9-17/h2-15,21-23H,16H2,1H3/t21-,22+,23+/m1/s1. The van der Waals surface area contributed by atoms with Gasteiger partial charge in [-0.25, -0.2) is 9.86 Å². The van der Waals surface area contributed by atoms with E-state index in [-0.39, 0.29) is 18.4 Å². The molecule has 0 aromatic heterocycles. The summed E-state index contributed by atoms with van der Waals surface area (Å²) >= 11 is 0. The number of esters is 1. The molecule has 2 amide bonds. The number of anilines is 1. The molecular weight excluding hydrogens is 420 g/mol. The van der Waals surface area contributed by atoms with E-state index in [1.807, 2.05) is 60.7 Å². The fourth-order valence-corrected chi connectivity index (χ4v) is 4.47. The summed E-state index contributed by atoms with van der Waals surface area (Å²) < 4.78 is 4.78. The van der Waals surface area contributed by atoms with Crippen LogP contribution in [-0.2, 0) is 25.7 Å². The maximum atomic E-state index is 13.5. The highest BCUT2D eigenvalue weighted by Gasteiger charge is 2.59. The molecule has 0 spiro atoms. The van der Waals surface area contributed by atoms with Crippen molar-refractivity contribution in [1.82, 2.24) is 4.90 Å². The lowest BCUT2D eigenvalue weighted by molar-refractivity contribution is -0.143. The molecule has 0 N–H and O–H groups in total. The van der Waals surface area contributed by atoms with Crippen LogP contribution in [0.25, 0.3) is 0 Å². The molecule has 0 unspecified atom stereocenters. The van der Waals surface area contributed by atoms with E-state index in [0.29, 0.717) is 5.56 Å². The number of hydrogen-bond acceptors (Lipinski definition) is 6. The Labute approximate surface area is 191 Å². The van der Waals surface area contributed by atoms with E-state index in [1.54, 1.807) is 29.3 Å². The number of carbonyl (C=O) groups is 3. The van der Waals surface area contributed by atoms with Gasteiger partial charge in [-0.1, -0.05) is 60.7 Å². The molecule has 5 rings (SSSR count). The summed E-state index contributed by atoms with van der Waals surface area (Å²) in [4.78, 5) is 46.0. The number of hydroxylamine groups is 1. The number of carbonyl (C=O) groups excluding carboxylic acids is 3. The van der Waals surface area contributed by atoms with Gasteiger partial charge >= 0.3 is 5.97 Å². The van der Waals surface area contributed by atoms with Crippen LogP contribution in [0.5, 0.6) is 0 Å². The molecular formula is C26H22N2O5. The molecule has 0 aliphatic carbocycles. The molecule has 0 bridgehead atoms. The third-order valence-corrected chi connectivity index (χ3v) is 6.07. The Bertz CT molecular complexity index is 1180. The number of imide groups is 1. The molecule has 3 atom stereocenters. The number of benzene rings is 3. The fraction of sp³-hybridized carbons (Fsp3) is 0.192. The Morgan fingerprint density at radius 3 is 2.15 bits per heavy atom. The van der Waals surface area contributed by atoms with Crippen LogP contribution in [0.2, 0.25) is 0 Å². The van der Waals surface area contributed by atoms with Gasteiger partial charge in [-0.2, -0.15) is 0 Å². The number of nitrogens with zero attached hydrogens (tertiary/aromatic N) is 2. The van der Waals surface area contributed by atoms with E-state index in [2.05, 4.69) is 0 Å². The number of para-hydroxylation sites is 1. The first-order chi connectivity index (χ1) is 16.1. The van der Waals surface area contributed by atoms with Gasteiger partial charge in [-0.15, -0.1) is 0 Å². The van der Waals surface area contributed by atoms with E-state index in [4.69, 9.17) is 9.57 Å². The molecule has 2 aliphatic rings. The first-order valence-electron chi connectivity index (χ1n) is 10.7. The van der Waals surface area contributed by atoms with Crippen molar-refractivity contribution < 1.29 is 24.0 Å². The molecule has 0 saturated carbocycles. The summed E-state index contributed by atoms with van der Waals surface area (Å²) in [6.07, 6.45) is -0.910. The van der Waals surface area contributed by atoms with Crippen LogP contribution in [0.15, 0.2) is 84.9 Å². The second kappa shape index (κ2) is 8.52. The van der Waals surface area contributed by atoms with E-state index in [0.717, 1.165) is 16.8 Å². The van der Waals surface area contributed by atoms with Crippen molar-refractivity contribution in [1.29, 1.82) is 0 Å². The molecule has 2 fully saturated rings. The molecule has 2 saturated heterocycles. The van der Waals surface area contributed by atoms with Gasteiger partial charge in [-0.05, 0) is 35.4 Å². The van der Waals surface area contributed by atoms with Crippen molar-refractivity contribution in [2.75, 3.05) is 12.2 Å². The third-order valence-electron chi connectivity index (χ3n) is 6.07. The van der Waals surface area contributed by atoms with Crippen LogP contribution >= 0.6 is 0 Å². The molecule has 7 heteroatoms. The molecule has 0 radical (unpaired) electrons. The van der Waals surface area contributed by atoms with Crippen LogP contribution in [0.4, 0.5) is 5.69 Å². The molecule has 2 heterocycles. The monoisotopic (exact) mass is 442 g/mol. The topological polar surface area (TPSA) is 76.2 Å². The van der Waals surface area contributed by atoms with E-state index in [9.17, 15) is 14.4 Å². The number of likely N-dealkylation sites (tertiary alicyclic amines) is 1. The second-order valence-electron chi connectivity index (χ2n) is 8.02. The quantitative estimate of drug-likeness (QED) is 0.445. The van der Waals surface area contributed by atoms with Crippen molar-refractivity contribution >= 4 is 23.5 Å². The number of methoxy groups -OCH3 is 1. The van der Waals surface area contributed by atoms with Gasteiger partial charge < -0.3 is 4.74 Å². The van der Waals surface area contributed by atoms with Gasteiger partial charge in [0, 0.05) is 0 Å².